The Labute approximate surface area is 154 Å². The van der Waals surface area contributed by atoms with Crippen LogP contribution in [-0.4, -0.2) is 21.6 Å². The molecule has 3 heterocycles. The minimum absolute atomic E-state index is 0.0410. The summed E-state index contributed by atoms with van der Waals surface area (Å²) in [7, 11) is 3.34. The fourth-order valence-electron chi connectivity index (χ4n) is 2.96. The smallest absolute Gasteiger partial charge is 0.250 e. The maximum atomic E-state index is 11.6. The van der Waals surface area contributed by atoms with Crippen LogP contribution >= 0.6 is 11.6 Å². The van der Waals surface area contributed by atoms with Crippen LogP contribution in [0, 0.1) is 0 Å². The lowest BCUT2D eigenvalue weighted by Gasteiger charge is -2.06. The van der Waals surface area contributed by atoms with Gasteiger partial charge in [0.2, 0.25) is 5.56 Å². The fourth-order valence-corrected chi connectivity index (χ4v) is 3.23. The number of hydrogen-bond acceptors (Lipinski definition) is 3. The minimum atomic E-state index is -0.0410. The molecule has 4 aromatic rings. The molecule has 0 radical (unpaired) electrons. The maximum Gasteiger partial charge on any atom is 0.250 e. The molecule has 0 aliphatic carbocycles. The van der Waals surface area contributed by atoms with Gasteiger partial charge in [0.1, 0.15) is 5.75 Å². The van der Waals surface area contributed by atoms with Crippen LogP contribution in [0.3, 0.4) is 0 Å². The monoisotopic (exact) mass is 365 g/mol. The SMILES string of the molecule is COc1cncc(-c2cc3cc(-c4ccc(=O)n(C)c4)[nH]c3cc2Cl)c1. The molecule has 0 aliphatic heterocycles. The number of aromatic amines is 1. The number of nitrogens with one attached hydrogen (secondary N) is 1. The highest BCUT2D eigenvalue weighted by atomic mass is 35.5. The predicted molar refractivity (Wildman–Crippen MR) is 104 cm³/mol. The summed E-state index contributed by atoms with van der Waals surface area (Å²) in [4.78, 5) is 19.2. The second-order valence-corrected chi connectivity index (χ2v) is 6.49. The summed E-state index contributed by atoms with van der Waals surface area (Å²) in [5.74, 6) is 0.679. The van der Waals surface area contributed by atoms with E-state index in [0.717, 1.165) is 33.3 Å². The van der Waals surface area contributed by atoms with E-state index in [2.05, 4.69) is 9.97 Å². The molecule has 0 saturated heterocycles. The molecule has 5 nitrogen and oxygen atoms in total. The van der Waals surface area contributed by atoms with E-state index in [9.17, 15) is 4.79 Å². The van der Waals surface area contributed by atoms with Gasteiger partial charge >= 0.3 is 0 Å². The molecule has 0 aliphatic rings. The molecule has 1 aromatic carbocycles. The lowest BCUT2D eigenvalue weighted by atomic mass is 10.1. The molecule has 0 fully saturated rings. The molecule has 0 bridgehead atoms. The third-order valence-electron chi connectivity index (χ3n) is 4.37. The number of benzene rings is 1. The number of aryl methyl sites for hydroxylation is 1. The molecular weight excluding hydrogens is 350 g/mol. The zero-order valence-corrected chi connectivity index (χ0v) is 15.0. The Bertz CT molecular complexity index is 1180. The predicted octanol–water partition coefficient (Wildman–Crippen LogP) is 4.26. The average Bonchev–Trinajstić information content (AvgIpc) is 3.06. The Morgan fingerprint density at radius 1 is 1.12 bits per heavy atom. The van der Waals surface area contributed by atoms with Crippen molar-refractivity contribution in [3.63, 3.8) is 0 Å². The van der Waals surface area contributed by atoms with Gasteiger partial charge in [0, 0.05) is 58.8 Å². The molecule has 6 heteroatoms. The topological polar surface area (TPSA) is 59.9 Å². The summed E-state index contributed by atoms with van der Waals surface area (Å²) in [6, 6.07) is 11.2. The maximum absolute atomic E-state index is 11.6. The van der Waals surface area contributed by atoms with Crippen LogP contribution in [-0.2, 0) is 7.05 Å². The van der Waals surface area contributed by atoms with E-state index in [-0.39, 0.29) is 5.56 Å². The van der Waals surface area contributed by atoms with Crippen LogP contribution in [0.5, 0.6) is 5.75 Å². The standard InChI is InChI=1S/C20H16ClN3O2/c1-24-11-12(3-4-20(24)25)18-7-13-6-16(17(21)8-19(13)23-18)14-5-15(26-2)10-22-9-14/h3-11,23H,1-2H3. The van der Waals surface area contributed by atoms with E-state index in [1.54, 1.807) is 37.2 Å². The number of halogens is 1. The lowest BCUT2D eigenvalue weighted by molar-refractivity contribution is 0.413. The van der Waals surface area contributed by atoms with Gasteiger partial charge in [0.25, 0.3) is 0 Å². The number of methoxy groups -OCH3 is 1. The summed E-state index contributed by atoms with van der Waals surface area (Å²) in [5, 5.41) is 1.65. The first kappa shape index (κ1) is 16.4. The van der Waals surface area contributed by atoms with Gasteiger partial charge in [-0.1, -0.05) is 11.6 Å². The van der Waals surface area contributed by atoms with Crippen molar-refractivity contribution in [2.45, 2.75) is 0 Å². The molecule has 1 N–H and O–H groups in total. The normalized spacial score (nSPS) is 11.0. The molecule has 0 spiro atoms. The van der Waals surface area contributed by atoms with E-state index < -0.39 is 0 Å². The molecule has 0 saturated carbocycles. The van der Waals surface area contributed by atoms with Crippen LogP contribution in [0.4, 0.5) is 0 Å². The summed E-state index contributed by atoms with van der Waals surface area (Å²) in [5.41, 5.74) is 4.52. The van der Waals surface area contributed by atoms with Crippen LogP contribution < -0.4 is 10.3 Å². The Morgan fingerprint density at radius 3 is 2.73 bits per heavy atom. The zero-order valence-electron chi connectivity index (χ0n) is 14.3. The van der Waals surface area contributed by atoms with E-state index in [1.807, 2.05) is 36.5 Å². The van der Waals surface area contributed by atoms with Gasteiger partial charge in [0.05, 0.1) is 18.3 Å². The summed E-state index contributed by atoms with van der Waals surface area (Å²) < 4.78 is 6.80. The van der Waals surface area contributed by atoms with E-state index in [4.69, 9.17) is 16.3 Å². The number of fused-ring (bicyclic) bond motifs is 1. The Hall–Kier alpha value is -3.05. The number of ether oxygens (including phenoxy) is 1. The zero-order chi connectivity index (χ0) is 18.3. The fraction of sp³-hybridized carbons (Fsp3) is 0.100. The Kier molecular flexibility index (Phi) is 4.01. The van der Waals surface area contributed by atoms with Gasteiger partial charge in [-0.05, 0) is 30.3 Å². The molecule has 26 heavy (non-hydrogen) atoms. The van der Waals surface area contributed by atoms with Crippen molar-refractivity contribution in [2.24, 2.45) is 7.05 Å². The van der Waals surface area contributed by atoms with E-state index in [0.29, 0.717) is 10.8 Å². The Balaban J connectivity index is 1.84. The minimum Gasteiger partial charge on any atom is -0.495 e. The number of hydrogen-bond donors (Lipinski definition) is 1. The number of aromatic nitrogens is 3. The van der Waals surface area contributed by atoms with Crippen molar-refractivity contribution in [2.75, 3.05) is 7.11 Å². The van der Waals surface area contributed by atoms with Crippen molar-refractivity contribution in [1.82, 2.24) is 14.5 Å². The highest BCUT2D eigenvalue weighted by Gasteiger charge is 2.11. The first-order chi connectivity index (χ1) is 12.5. The van der Waals surface area contributed by atoms with Crippen LogP contribution in [0.2, 0.25) is 5.02 Å². The largest absolute Gasteiger partial charge is 0.495 e. The number of H-pyrrole nitrogens is 1. The van der Waals surface area contributed by atoms with Crippen LogP contribution in [0.15, 0.2) is 59.8 Å². The van der Waals surface area contributed by atoms with Crippen molar-refractivity contribution in [3.8, 4) is 28.1 Å². The number of rotatable bonds is 3. The van der Waals surface area contributed by atoms with Gasteiger partial charge < -0.3 is 14.3 Å². The number of pyridine rings is 2. The van der Waals surface area contributed by atoms with Gasteiger partial charge in [-0.25, -0.2) is 0 Å². The first-order valence-electron chi connectivity index (χ1n) is 8.04. The van der Waals surface area contributed by atoms with Gasteiger partial charge in [-0.3, -0.25) is 9.78 Å². The molecule has 4 rings (SSSR count). The van der Waals surface area contributed by atoms with Crippen molar-refractivity contribution in [1.29, 1.82) is 0 Å². The molecule has 0 amide bonds. The molecule has 0 atom stereocenters. The first-order valence-corrected chi connectivity index (χ1v) is 8.41. The van der Waals surface area contributed by atoms with E-state index in [1.165, 1.54) is 0 Å². The van der Waals surface area contributed by atoms with E-state index >= 15 is 0 Å². The van der Waals surface area contributed by atoms with Crippen LogP contribution in [0.1, 0.15) is 0 Å². The highest BCUT2D eigenvalue weighted by molar-refractivity contribution is 6.34. The van der Waals surface area contributed by atoms with Gasteiger partial charge in [-0.15, -0.1) is 0 Å². The van der Waals surface area contributed by atoms with Crippen molar-refractivity contribution < 1.29 is 4.74 Å². The summed E-state index contributed by atoms with van der Waals surface area (Å²) in [6.07, 6.45) is 5.22. The molecule has 130 valence electrons. The second kappa shape index (κ2) is 6.35. The summed E-state index contributed by atoms with van der Waals surface area (Å²) >= 11 is 6.50. The average molecular weight is 366 g/mol. The van der Waals surface area contributed by atoms with Crippen molar-refractivity contribution in [3.05, 3.63) is 70.4 Å². The summed E-state index contributed by atoms with van der Waals surface area (Å²) in [6.45, 7) is 0. The highest BCUT2D eigenvalue weighted by Crippen LogP contribution is 2.34. The van der Waals surface area contributed by atoms with Crippen LogP contribution in [0.25, 0.3) is 33.3 Å². The van der Waals surface area contributed by atoms with Gasteiger partial charge in [0.15, 0.2) is 0 Å². The Morgan fingerprint density at radius 2 is 1.96 bits per heavy atom. The lowest BCUT2D eigenvalue weighted by Crippen LogP contribution is -2.13. The second-order valence-electron chi connectivity index (χ2n) is 6.08. The van der Waals surface area contributed by atoms with Gasteiger partial charge in [-0.2, -0.15) is 0 Å². The number of nitrogens with zero attached hydrogens (tertiary/aromatic N) is 2. The molecule has 0 unspecified atom stereocenters. The van der Waals surface area contributed by atoms with Crippen molar-refractivity contribution >= 4 is 22.5 Å². The molecule has 3 aromatic heterocycles. The third kappa shape index (κ3) is 2.86. The quantitative estimate of drug-likeness (QED) is 0.590. The third-order valence-corrected chi connectivity index (χ3v) is 4.68. The molecular formula is C20H16ClN3O2.